The molecule has 4 fully saturated rings. The van der Waals surface area contributed by atoms with Crippen molar-refractivity contribution < 1.29 is 54.6 Å². The van der Waals surface area contributed by atoms with Gasteiger partial charge >= 0.3 is 11.9 Å². The van der Waals surface area contributed by atoms with Gasteiger partial charge in [-0.1, -0.05) is 25.5 Å². The van der Waals surface area contributed by atoms with Gasteiger partial charge in [0.15, 0.2) is 23.7 Å². The van der Waals surface area contributed by atoms with Crippen LogP contribution in [0.2, 0.25) is 0 Å². The second kappa shape index (κ2) is 11.4. The summed E-state index contributed by atoms with van der Waals surface area (Å²) in [6.45, 7) is 3.93. The topological polar surface area (TPSA) is 205 Å². The number of carbonyl (C=O) groups is 4. The molecule has 6 N–H and O–H groups in total. The molecule has 1 spiro atoms. The van der Waals surface area contributed by atoms with Crippen molar-refractivity contribution in [2.45, 2.75) is 106 Å². The van der Waals surface area contributed by atoms with Gasteiger partial charge in [0.1, 0.15) is 6.10 Å². The molecule has 2 saturated carbocycles. The zero-order chi connectivity index (χ0) is 32.4. The number of imide groups is 1. The van der Waals surface area contributed by atoms with Crippen LogP contribution in [0.25, 0.3) is 0 Å². The molecule has 2 bridgehead atoms. The normalized spacial score (nSPS) is 33.6. The summed E-state index contributed by atoms with van der Waals surface area (Å²) >= 11 is 0. The fraction of sp³-hybridized carbons (Fsp3) is 0.625. The third kappa shape index (κ3) is 4.82. The molecule has 45 heavy (non-hydrogen) atoms. The van der Waals surface area contributed by atoms with Crippen molar-refractivity contribution in [1.82, 2.24) is 9.80 Å². The SMILES string of the molecule is CCCC=C1CC(=O)N([C@@H]2CC[C@@]3(O)[C@H]4Cc5ccc(O)c6c5[C@@]3(CCN4CC3CC3)[C@H]2O6)C1=O.O=C(O)C(O)C(O)C(=O)O. The number of aliphatic hydroxyl groups excluding tert-OH is 2. The number of allylic oxidation sites excluding steroid dienone is 1. The first-order chi connectivity index (χ1) is 21.4. The first-order valence-electron chi connectivity index (χ1n) is 15.7. The number of carbonyl (C=O) groups excluding carboxylic acids is 2. The zero-order valence-electron chi connectivity index (χ0n) is 25.1. The highest BCUT2D eigenvalue weighted by Crippen LogP contribution is 2.66. The highest BCUT2D eigenvalue weighted by molar-refractivity contribution is 6.13. The van der Waals surface area contributed by atoms with E-state index < -0.39 is 47.3 Å². The number of amides is 2. The van der Waals surface area contributed by atoms with Crippen LogP contribution in [-0.2, 0) is 31.0 Å². The molecule has 3 heterocycles. The van der Waals surface area contributed by atoms with Gasteiger partial charge in [0.05, 0.1) is 23.5 Å². The van der Waals surface area contributed by atoms with Gasteiger partial charge in [-0.15, -0.1) is 0 Å². The van der Waals surface area contributed by atoms with Gasteiger partial charge in [-0.2, -0.15) is 0 Å². The van der Waals surface area contributed by atoms with E-state index in [9.17, 15) is 29.4 Å². The molecule has 2 amide bonds. The Morgan fingerprint density at radius 1 is 1.09 bits per heavy atom. The summed E-state index contributed by atoms with van der Waals surface area (Å²) in [5.41, 5.74) is 0.894. The number of piperidine rings is 1. The highest BCUT2D eigenvalue weighted by Gasteiger charge is 2.74. The summed E-state index contributed by atoms with van der Waals surface area (Å²) < 4.78 is 6.55. The first kappa shape index (κ1) is 31.5. The van der Waals surface area contributed by atoms with Crippen LogP contribution in [0, 0.1) is 5.92 Å². The highest BCUT2D eigenvalue weighted by atomic mass is 16.5. The van der Waals surface area contributed by atoms with Crippen LogP contribution in [-0.4, -0.2) is 113 Å². The molecule has 7 atom stereocenters. The van der Waals surface area contributed by atoms with E-state index in [0.29, 0.717) is 30.6 Å². The van der Waals surface area contributed by atoms with E-state index in [1.54, 1.807) is 6.07 Å². The van der Waals surface area contributed by atoms with Gasteiger partial charge in [0.25, 0.3) is 5.91 Å². The zero-order valence-corrected chi connectivity index (χ0v) is 25.1. The van der Waals surface area contributed by atoms with E-state index in [2.05, 4.69) is 11.8 Å². The fourth-order valence-electron chi connectivity index (χ4n) is 8.40. The number of hydrogen-bond donors (Lipinski definition) is 6. The number of aliphatic hydroxyl groups is 3. The van der Waals surface area contributed by atoms with Crippen LogP contribution >= 0.6 is 0 Å². The molecule has 1 aromatic rings. The number of ether oxygens (including phenoxy) is 1. The minimum Gasteiger partial charge on any atom is -0.504 e. The number of rotatable bonds is 8. The number of phenolic OH excluding ortho intramolecular Hbond substituents is 1. The molecule has 244 valence electrons. The van der Waals surface area contributed by atoms with Crippen LogP contribution in [0.3, 0.4) is 0 Å². The van der Waals surface area contributed by atoms with Crippen molar-refractivity contribution in [2.75, 3.05) is 13.1 Å². The summed E-state index contributed by atoms with van der Waals surface area (Å²) in [5.74, 6) is -2.67. The molecule has 1 aromatic carbocycles. The van der Waals surface area contributed by atoms with Crippen LogP contribution < -0.4 is 4.74 Å². The Morgan fingerprint density at radius 2 is 1.78 bits per heavy atom. The quantitative estimate of drug-likeness (QED) is 0.174. The Morgan fingerprint density at radius 3 is 2.40 bits per heavy atom. The van der Waals surface area contributed by atoms with E-state index in [-0.39, 0.29) is 30.0 Å². The number of benzene rings is 1. The van der Waals surface area contributed by atoms with Gasteiger partial charge in [-0.05, 0) is 69.0 Å². The molecule has 0 aromatic heterocycles. The third-order valence-electron chi connectivity index (χ3n) is 10.7. The number of nitrogens with zero attached hydrogens (tertiary/aromatic N) is 2. The standard InChI is InChI=1S/C28H34N2O5.C4H6O6/c1-2-3-4-18-14-22(32)30(26(18)33)19-9-10-28(34)21-13-17-7-8-20(31)24-23(17)27(28,25(19)35-24)11-12-29(21)15-16-5-6-16;5-1(3(7)8)2(6)4(9)10/h4,7-8,16,19,21,25,31,34H,2-3,5-6,9-15H2,1H3;1-2,5-6H,(H,7,8)(H,9,10)/t19-,21-,25+,27+,28-;/m1./s1. The van der Waals surface area contributed by atoms with Crippen molar-refractivity contribution in [2.24, 2.45) is 5.92 Å². The second-order valence-electron chi connectivity index (χ2n) is 13.2. The number of phenols is 1. The molecule has 3 aliphatic carbocycles. The maximum absolute atomic E-state index is 13.4. The number of carboxylic acid groups (broad SMARTS) is 2. The first-order valence-corrected chi connectivity index (χ1v) is 15.7. The molecule has 13 heteroatoms. The van der Waals surface area contributed by atoms with Crippen LogP contribution in [0.15, 0.2) is 23.8 Å². The summed E-state index contributed by atoms with van der Waals surface area (Å²) in [7, 11) is 0. The average molecular weight is 629 g/mol. The summed E-state index contributed by atoms with van der Waals surface area (Å²) in [5, 5.41) is 55.9. The molecular weight excluding hydrogens is 588 g/mol. The number of hydrogen-bond acceptors (Lipinski definition) is 10. The predicted octanol–water partition coefficient (Wildman–Crippen LogP) is 0.688. The van der Waals surface area contributed by atoms with Crippen molar-refractivity contribution >= 4 is 23.8 Å². The summed E-state index contributed by atoms with van der Waals surface area (Å²) in [6, 6.07) is 3.21. The smallest absolute Gasteiger partial charge is 0.335 e. The van der Waals surface area contributed by atoms with Crippen molar-refractivity contribution in [1.29, 1.82) is 0 Å². The lowest BCUT2D eigenvalue weighted by molar-refractivity contribution is -0.201. The van der Waals surface area contributed by atoms with Crippen molar-refractivity contribution in [3.63, 3.8) is 0 Å². The largest absolute Gasteiger partial charge is 0.504 e. The van der Waals surface area contributed by atoms with Crippen LogP contribution in [0.1, 0.15) is 69.4 Å². The van der Waals surface area contributed by atoms with E-state index in [4.69, 9.17) is 25.2 Å². The molecular formula is C32H40N2O11. The monoisotopic (exact) mass is 628 g/mol. The lowest BCUT2D eigenvalue weighted by Crippen LogP contribution is -2.78. The Labute approximate surface area is 259 Å². The van der Waals surface area contributed by atoms with Crippen molar-refractivity contribution in [3.05, 3.63) is 34.9 Å². The van der Waals surface area contributed by atoms with Crippen LogP contribution in [0.4, 0.5) is 0 Å². The summed E-state index contributed by atoms with van der Waals surface area (Å²) in [4.78, 5) is 50.0. The van der Waals surface area contributed by atoms with E-state index in [0.717, 1.165) is 49.4 Å². The number of likely N-dealkylation sites (tertiary alicyclic amines) is 2. The van der Waals surface area contributed by atoms with E-state index in [1.165, 1.54) is 17.7 Å². The maximum Gasteiger partial charge on any atom is 0.335 e. The van der Waals surface area contributed by atoms with E-state index >= 15 is 0 Å². The summed E-state index contributed by atoms with van der Waals surface area (Å²) in [6.07, 6.45) is 3.66. The minimum atomic E-state index is -2.27. The molecule has 0 radical (unpaired) electrons. The average Bonchev–Trinajstić information content (AvgIpc) is 3.68. The predicted molar refractivity (Wildman–Crippen MR) is 155 cm³/mol. The second-order valence-corrected chi connectivity index (χ2v) is 13.2. The van der Waals surface area contributed by atoms with Gasteiger partial charge in [0.2, 0.25) is 5.91 Å². The minimum absolute atomic E-state index is 0.0168. The molecule has 2 saturated heterocycles. The van der Waals surface area contributed by atoms with Gasteiger partial charge < -0.3 is 35.4 Å². The maximum atomic E-state index is 13.4. The Bertz CT molecular complexity index is 1440. The Kier molecular flexibility index (Phi) is 7.95. The van der Waals surface area contributed by atoms with Crippen LogP contribution in [0.5, 0.6) is 11.5 Å². The van der Waals surface area contributed by atoms with Crippen molar-refractivity contribution in [3.8, 4) is 11.5 Å². The lowest BCUT2D eigenvalue weighted by Gasteiger charge is -2.64. The molecule has 7 rings (SSSR count). The Hall–Kier alpha value is -3.52. The number of unbranched alkanes of at least 4 members (excludes halogenated alkanes) is 1. The van der Waals surface area contributed by atoms with Gasteiger partial charge in [-0.3, -0.25) is 19.4 Å². The molecule has 2 unspecified atom stereocenters. The Balaban J connectivity index is 0.000000311. The molecule has 13 nitrogen and oxygen atoms in total. The third-order valence-corrected chi connectivity index (χ3v) is 10.7. The molecule has 6 aliphatic rings. The number of aliphatic carboxylic acids is 2. The van der Waals surface area contributed by atoms with Gasteiger partial charge in [0, 0.05) is 23.7 Å². The number of aromatic hydroxyl groups is 1. The molecule has 3 aliphatic heterocycles. The van der Waals surface area contributed by atoms with E-state index in [1.807, 2.05) is 12.1 Å². The fourth-order valence-corrected chi connectivity index (χ4v) is 8.40. The lowest BCUT2D eigenvalue weighted by atomic mass is 9.48. The van der Waals surface area contributed by atoms with Gasteiger partial charge in [-0.25, -0.2) is 9.59 Å². The number of carboxylic acids is 2.